The number of carbonyl (C=O) groups excluding carboxylic acids is 1. The molecule has 1 amide bonds. The Morgan fingerprint density at radius 1 is 1.06 bits per heavy atom. The van der Waals surface area contributed by atoms with Crippen LogP contribution in [0.1, 0.15) is 42.9 Å². The molecule has 0 fully saturated rings. The first kappa shape index (κ1) is 21.4. The third kappa shape index (κ3) is 3.27. The van der Waals surface area contributed by atoms with Crippen LogP contribution in [0.4, 0.5) is 18.9 Å². The molecule has 8 heteroatoms. The molecule has 0 radical (unpaired) electrons. The Morgan fingerprint density at radius 2 is 1.82 bits per heavy atom. The van der Waals surface area contributed by atoms with E-state index in [0.717, 1.165) is 11.6 Å². The van der Waals surface area contributed by atoms with Gasteiger partial charge >= 0.3 is 6.18 Å². The summed E-state index contributed by atoms with van der Waals surface area (Å²) in [5.41, 5.74) is 0.427. The maximum atomic E-state index is 14.1. The van der Waals surface area contributed by atoms with E-state index in [-0.39, 0.29) is 18.2 Å². The predicted molar refractivity (Wildman–Crippen MR) is 114 cm³/mol. The fourth-order valence-electron chi connectivity index (χ4n) is 5.02. The summed E-state index contributed by atoms with van der Waals surface area (Å²) in [6, 6.07) is 14.9. The summed E-state index contributed by atoms with van der Waals surface area (Å²) in [4.78, 5) is 15.6. The summed E-state index contributed by atoms with van der Waals surface area (Å²) >= 11 is 0. The van der Waals surface area contributed by atoms with E-state index in [1.165, 1.54) is 11.0 Å². The second-order valence-corrected chi connectivity index (χ2v) is 8.98. The molecule has 0 N–H and O–H groups in total. The van der Waals surface area contributed by atoms with Crippen molar-refractivity contribution in [2.45, 2.75) is 44.0 Å². The molecule has 0 unspecified atom stereocenters. The summed E-state index contributed by atoms with van der Waals surface area (Å²) < 4.78 is 55.7. The number of para-hydroxylation sites is 1. The van der Waals surface area contributed by atoms with Gasteiger partial charge in [-0.25, -0.2) is 0 Å². The molecule has 0 saturated heterocycles. The van der Waals surface area contributed by atoms with Gasteiger partial charge in [0.1, 0.15) is 28.3 Å². The van der Waals surface area contributed by atoms with Crippen LogP contribution in [0.5, 0.6) is 11.5 Å². The third-order valence-electron chi connectivity index (χ3n) is 6.25. The number of methoxy groups -OCH3 is 1. The number of halogens is 3. The van der Waals surface area contributed by atoms with Crippen LogP contribution in [0.3, 0.4) is 0 Å². The van der Waals surface area contributed by atoms with E-state index in [2.05, 4.69) is 0 Å². The van der Waals surface area contributed by atoms with Crippen LogP contribution in [-0.4, -0.2) is 18.6 Å². The molecule has 2 aromatic carbocycles. The van der Waals surface area contributed by atoms with Crippen molar-refractivity contribution in [3.8, 4) is 11.5 Å². The molecule has 2 aliphatic heterocycles. The van der Waals surface area contributed by atoms with Crippen molar-refractivity contribution in [1.29, 1.82) is 0 Å². The van der Waals surface area contributed by atoms with Gasteiger partial charge in [-0.1, -0.05) is 24.3 Å². The first-order chi connectivity index (χ1) is 15.5. The maximum Gasteiger partial charge on any atom is 0.449 e. The van der Waals surface area contributed by atoms with Crippen molar-refractivity contribution in [3.05, 3.63) is 77.2 Å². The van der Waals surface area contributed by atoms with Crippen LogP contribution in [0.15, 0.2) is 59.0 Å². The highest BCUT2D eigenvalue weighted by atomic mass is 19.4. The van der Waals surface area contributed by atoms with Crippen LogP contribution in [-0.2, 0) is 22.9 Å². The fraction of sp³-hybridized carbons (Fsp3) is 0.320. The molecule has 1 spiro atoms. The van der Waals surface area contributed by atoms with Crippen molar-refractivity contribution in [2.75, 3.05) is 12.0 Å². The Morgan fingerprint density at radius 3 is 2.52 bits per heavy atom. The SMILES string of the molecule is COc1ccc2c(c1)OC(C)(C)C[C@]21C(=O)N(Cc2ccc(C(F)(F)F)o2)c2ccccc21. The van der Waals surface area contributed by atoms with E-state index in [1.54, 1.807) is 31.4 Å². The van der Waals surface area contributed by atoms with Gasteiger partial charge in [0.2, 0.25) is 11.7 Å². The first-order valence-corrected chi connectivity index (χ1v) is 10.5. The average Bonchev–Trinajstić information content (AvgIpc) is 3.31. The average molecular weight is 457 g/mol. The monoisotopic (exact) mass is 457 g/mol. The Labute approximate surface area is 188 Å². The lowest BCUT2D eigenvalue weighted by Gasteiger charge is -2.43. The Balaban J connectivity index is 1.64. The molecule has 33 heavy (non-hydrogen) atoms. The van der Waals surface area contributed by atoms with Crippen LogP contribution in [0.25, 0.3) is 0 Å². The summed E-state index contributed by atoms with van der Waals surface area (Å²) in [6.07, 6.45) is -4.22. The van der Waals surface area contributed by atoms with E-state index < -0.39 is 23.0 Å². The number of carbonyl (C=O) groups is 1. The molecular weight excluding hydrogens is 435 g/mol. The van der Waals surface area contributed by atoms with Crippen molar-refractivity contribution in [3.63, 3.8) is 0 Å². The van der Waals surface area contributed by atoms with Gasteiger partial charge in [-0.05, 0) is 43.7 Å². The first-order valence-electron chi connectivity index (χ1n) is 10.5. The van der Waals surface area contributed by atoms with Crippen LogP contribution in [0.2, 0.25) is 0 Å². The lowest BCUT2D eigenvalue weighted by molar-refractivity contribution is -0.153. The number of rotatable bonds is 3. The zero-order valence-electron chi connectivity index (χ0n) is 18.3. The molecular formula is C25H22F3NO4. The van der Waals surface area contributed by atoms with E-state index in [0.29, 0.717) is 29.2 Å². The number of nitrogens with zero attached hydrogens (tertiary/aromatic N) is 1. The van der Waals surface area contributed by atoms with Crippen molar-refractivity contribution in [2.24, 2.45) is 0 Å². The van der Waals surface area contributed by atoms with Crippen LogP contribution < -0.4 is 14.4 Å². The molecule has 2 aliphatic rings. The predicted octanol–water partition coefficient (Wildman–Crippen LogP) is 5.70. The van der Waals surface area contributed by atoms with Crippen molar-refractivity contribution >= 4 is 11.6 Å². The minimum atomic E-state index is -4.59. The third-order valence-corrected chi connectivity index (χ3v) is 6.25. The van der Waals surface area contributed by atoms with Gasteiger partial charge in [0.25, 0.3) is 0 Å². The van der Waals surface area contributed by atoms with Gasteiger partial charge in [0.15, 0.2) is 0 Å². The van der Waals surface area contributed by atoms with Gasteiger partial charge in [0, 0.05) is 23.7 Å². The molecule has 5 rings (SSSR count). The molecule has 3 heterocycles. The normalized spacial score (nSPS) is 21.0. The Bertz CT molecular complexity index is 1250. The summed E-state index contributed by atoms with van der Waals surface area (Å²) in [5, 5.41) is 0. The zero-order valence-corrected chi connectivity index (χ0v) is 18.3. The van der Waals surface area contributed by atoms with E-state index in [1.807, 2.05) is 32.0 Å². The highest BCUT2D eigenvalue weighted by molar-refractivity contribution is 6.11. The molecule has 1 aromatic heterocycles. The Kier molecular flexibility index (Phi) is 4.57. The fourth-order valence-corrected chi connectivity index (χ4v) is 5.02. The second-order valence-electron chi connectivity index (χ2n) is 8.98. The molecule has 0 saturated carbocycles. The van der Waals surface area contributed by atoms with Crippen LogP contribution >= 0.6 is 0 Å². The van der Waals surface area contributed by atoms with Gasteiger partial charge in [0.05, 0.1) is 13.7 Å². The highest BCUT2D eigenvalue weighted by Crippen LogP contribution is 2.56. The topological polar surface area (TPSA) is 51.9 Å². The molecule has 0 aliphatic carbocycles. The number of ether oxygens (including phenoxy) is 2. The smallest absolute Gasteiger partial charge is 0.449 e. The van der Waals surface area contributed by atoms with E-state index >= 15 is 0 Å². The molecule has 3 aromatic rings. The number of alkyl halides is 3. The van der Waals surface area contributed by atoms with Gasteiger partial charge in [-0.3, -0.25) is 4.79 Å². The quantitative estimate of drug-likeness (QED) is 0.506. The standard InChI is InChI=1S/C25H22F3NO4/c1-23(2)14-24(18-10-8-15(31-3)12-20(18)33-23)17-6-4-5-7-19(17)29(22(24)30)13-16-9-11-21(32-16)25(26,27)28/h4-12H,13-14H2,1-3H3/t24-/m1/s1. The number of anilines is 1. The molecule has 1 atom stereocenters. The maximum absolute atomic E-state index is 14.1. The number of benzene rings is 2. The number of fused-ring (bicyclic) bond motifs is 4. The number of furan rings is 1. The van der Waals surface area contributed by atoms with Crippen molar-refractivity contribution < 1.29 is 31.9 Å². The summed E-state index contributed by atoms with van der Waals surface area (Å²) in [6.45, 7) is 3.72. The summed E-state index contributed by atoms with van der Waals surface area (Å²) in [7, 11) is 1.56. The lowest BCUT2D eigenvalue weighted by Crippen LogP contribution is -2.50. The van der Waals surface area contributed by atoms with Gasteiger partial charge in [-0.15, -0.1) is 0 Å². The van der Waals surface area contributed by atoms with Crippen LogP contribution in [0, 0.1) is 0 Å². The molecule has 0 bridgehead atoms. The lowest BCUT2D eigenvalue weighted by atomic mass is 9.67. The summed E-state index contributed by atoms with van der Waals surface area (Å²) in [5.74, 6) is -0.0996. The van der Waals surface area contributed by atoms with E-state index in [9.17, 15) is 18.0 Å². The van der Waals surface area contributed by atoms with Crippen molar-refractivity contribution in [1.82, 2.24) is 0 Å². The largest absolute Gasteiger partial charge is 0.497 e. The second kappa shape index (κ2) is 7.04. The Hall–Kier alpha value is -3.42. The minimum absolute atomic E-state index is 0.0591. The van der Waals surface area contributed by atoms with Gasteiger partial charge in [-0.2, -0.15) is 13.2 Å². The molecule has 5 nitrogen and oxygen atoms in total. The molecule has 172 valence electrons. The van der Waals surface area contributed by atoms with E-state index in [4.69, 9.17) is 13.9 Å². The van der Waals surface area contributed by atoms with Gasteiger partial charge < -0.3 is 18.8 Å². The zero-order chi connectivity index (χ0) is 23.6. The highest BCUT2D eigenvalue weighted by Gasteiger charge is 2.58. The number of amides is 1. The number of hydrogen-bond donors (Lipinski definition) is 0. The number of hydrogen-bond acceptors (Lipinski definition) is 4. The minimum Gasteiger partial charge on any atom is -0.497 e.